The molecule has 1 fully saturated rings. The van der Waals surface area contributed by atoms with Crippen LogP contribution in [0, 0.1) is 0 Å². The maximum absolute atomic E-state index is 12.8. The van der Waals surface area contributed by atoms with Gasteiger partial charge in [0.05, 0.1) is 12.1 Å². The van der Waals surface area contributed by atoms with Gasteiger partial charge in [0.15, 0.2) is 0 Å². The normalized spacial score (nSPS) is 20.1. The van der Waals surface area contributed by atoms with Crippen molar-refractivity contribution in [1.82, 2.24) is 10.2 Å². The number of rotatable bonds is 6. The Hall–Kier alpha value is -2.11. The second kappa shape index (κ2) is 9.01. The van der Waals surface area contributed by atoms with Crippen LogP contribution >= 0.6 is 0 Å². The number of hydrogen-bond acceptors (Lipinski definition) is 3. The minimum atomic E-state index is -0.468. The van der Waals surface area contributed by atoms with E-state index in [0.717, 1.165) is 42.0 Å². The molecule has 1 saturated carbocycles. The zero-order valence-corrected chi connectivity index (χ0v) is 15.1. The molecule has 3 N–H and O–H groups in total. The van der Waals surface area contributed by atoms with E-state index in [2.05, 4.69) is 23.5 Å². The minimum absolute atomic E-state index is 0.0470. The third kappa shape index (κ3) is 4.54. The van der Waals surface area contributed by atoms with E-state index in [9.17, 15) is 15.0 Å². The highest BCUT2D eigenvalue weighted by Gasteiger charge is 2.26. The molecule has 2 aromatic rings. The lowest BCUT2D eigenvalue weighted by atomic mass is 9.93. The van der Waals surface area contributed by atoms with Crippen molar-refractivity contribution < 1.29 is 15.0 Å². The van der Waals surface area contributed by atoms with Crippen LogP contribution in [0.15, 0.2) is 42.5 Å². The first-order valence-electron chi connectivity index (χ1n) is 9.50. The average Bonchev–Trinajstić information content (AvgIpc) is 2.67. The number of nitrogens with one attached hydrogen (secondary N) is 1. The van der Waals surface area contributed by atoms with E-state index in [0.29, 0.717) is 19.5 Å². The number of fused-ring (bicyclic) bond motifs is 1. The molecule has 0 spiro atoms. The van der Waals surface area contributed by atoms with Crippen LogP contribution < -0.4 is 5.32 Å². The van der Waals surface area contributed by atoms with E-state index >= 15 is 0 Å². The van der Waals surface area contributed by atoms with Crippen molar-refractivity contribution in [3.05, 3.63) is 48.0 Å². The van der Waals surface area contributed by atoms with Gasteiger partial charge >= 0.3 is 6.03 Å². The molecule has 0 aromatic heterocycles. The summed E-state index contributed by atoms with van der Waals surface area (Å²) in [4.78, 5) is 14.6. The zero-order chi connectivity index (χ0) is 18.4. The van der Waals surface area contributed by atoms with Gasteiger partial charge in [0.25, 0.3) is 0 Å². The van der Waals surface area contributed by atoms with Crippen LogP contribution in [0.25, 0.3) is 10.8 Å². The van der Waals surface area contributed by atoms with Gasteiger partial charge in [0.1, 0.15) is 0 Å². The SMILES string of the molecule is O=C(N[C@@H]1CCCC[C@H]1O)N(CCCO)Cc1cccc2ccccc12. The van der Waals surface area contributed by atoms with Gasteiger partial charge in [0.2, 0.25) is 0 Å². The number of nitrogens with zero attached hydrogens (tertiary/aromatic N) is 1. The number of urea groups is 1. The average molecular weight is 356 g/mol. The van der Waals surface area contributed by atoms with Crippen molar-refractivity contribution in [2.24, 2.45) is 0 Å². The lowest BCUT2D eigenvalue weighted by Crippen LogP contribution is -2.50. The fourth-order valence-electron chi connectivity index (χ4n) is 3.68. The Balaban J connectivity index is 1.75. The Morgan fingerprint density at radius 2 is 1.88 bits per heavy atom. The maximum atomic E-state index is 12.8. The van der Waals surface area contributed by atoms with Crippen LogP contribution in [0.1, 0.15) is 37.7 Å². The number of carbonyl (C=O) groups excluding carboxylic acids is 1. The predicted molar refractivity (Wildman–Crippen MR) is 103 cm³/mol. The van der Waals surface area contributed by atoms with Gasteiger partial charge in [-0.2, -0.15) is 0 Å². The summed E-state index contributed by atoms with van der Waals surface area (Å²) in [5, 5.41) is 24.6. The van der Waals surface area contributed by atoms with E-state index in [1.807, 2.05) is 24.3 Å². The molecule has 0 radical (unpaired) electrons. The summed E-state index contributed by atoms with van der Waals surface area (Å²) in [5.41, 5.74) is 1.08. The molecule has 5 nitrogen and oxygen atoms in total. The molecule has 2 atom stereocenters. The molecule has 1 aliphatic rings. The van der Waals surface area contributed by atoms with Crippen molar-refractivity contribution in [2.75, 3.05) is 13.2 Å². The summed E-state index contributed by atoms with van der Waals surface area (Å²) in [5.74, 6) is 0. The molecular weight excluding hydrogens is 328 g/mol. The van der Waals surface area contributed by atoms with E-state index < -0.39 is 6.10 Å². The summed E-state index contributed by atoms with van der Waals surface area (Å²) in [7, 11) is 0. The van der Waals surface area contributed by atoms with Gasteiger partial charge in [0, 0.05) is 19.7 Å². The third-order valence-electron chi connectivity index (χ3n) is 5.15. The molecule has 3 rings (SSSR count). The van der Waals surface area contributed by atoms with Crippen molar-refractivity contribution >= 4 is 16.8 Å². The van der Waals surface area contributed by atoms with Crippen LogP contribution in [0.5, 0.6) is 0 Å². The predicted octanol–water partition coefficient (Wildman–Crippen LogP) is 3.04. The lowest BCUT2D eigenvalue weighted by molar-refractivity contribution is 0.0891. The molecule has 26 heavy (non-hydrogen) atoms. The topological polar surface area (TPSA) is 72.8 Å². The van der Waals surface area contributed by atoms with Crippen molar-refractivity contribution in [3.63, 3.8) is 0 Å². The summed E-state index contributed by atoms with van der Waals surface area (Å²) in [6, 6.07) is 13.9. The molecule has 0 heterocycles. The second-order valence-electron chi connectivity index (χ2n) is 7.04. The second-order valence-corrected chi connectivity index (χ2v) is 7.04. The molecule has 2 amide bonds. The Morgan fingerprint density at radius 1 is 1.12 bits per heavy atom. The third-order valence-corrected chi connectivity index (χ3v) is 5.15. The lowest BCUT2D eigenvalue weighted by Gasteiger charge is -2.31. The number of carbonyl (C=O) groups is 1. The molecule has 2 aromatic carbocycles. The van der Waals surface area contributed by atoms with Gasteiger partial charge in [-0.25, -0.2) is 4.79 Å². The standard InChI is InChI=1S/C21H28N2O3/c24-14-6-13-23(21(26)22-19-11-3-4-12-20(19)25)15-17-9-5-8-16-7-1-2-10-18(16)17/h1-2,5,7-10,19-20,24-25H,3-4,6,11-15H2,(H,22,26)/t19-,20-/m1/s1. The monoisotopic (exact) mass is 356 g/mol. The van der Waals surface area contributed by atoms with E-state index in [-0.39, 0.29) is 18.7 Å². The molecular formula is C21H28N2O3. The van der Waals surface area contributed by atoms with Gasteiger partial charge in [-0.05, 0) is 35.6 Å². The van der Waals surface area contributed by atoms with E-state index in [1.165, 1.54) is 0 Å². The summed E-state index contributed by atoms with van der Waals surface area (Å²) in [6.45, 7) is 1.01. The highest BCUT2D eigenvalue weighted by molar-refractivity contribution is 5.86. The molecule has 0 bridgehead atoms. The molecule has 140 valence electrons. The van der Waals surface area contributed by atoms with Gasteiger partial charge in [-0.3, -0.25) is 0 Å². The zero-order valence-electron chi connectivity index (χ0n) is 15.1. The van der Waals surface area contributed by atoms with Gasteiger partial charge < -0.3 is 20.4 Å². The number of hydrogen-bond donors (Lipinski definition) is 3. The largest absolute Gasteiger partial charge is 0.396 e. The maximum Gasteiger partial charge on any atom is 0.318 e. The minimum Gasteiger partial charge on any atom is -0.396 e. The number of aliphatic hydroxyl groups excluding tert-OH is 2. The Labute approximate surface area is 154 Å². The Kier molecular flexibility index (Phi) is 6.47. The first-order valence-corrected chi connectivity index (χ1v) is 9.50. The van der Waals surface area contributed by atoms with Crippen LogP contribution in [0.2, 0.25) is 0 Å². The number of aliphatic hydroxyl groups is 2. The fourth-order valence-corrected chi connectivity index (χ4v) is 3.68. The number of amides is 2. The fraction of sp³-hybridized carbons (Fsp3) is 0.476. The van der Waals surface area contributed by atoms with Crippen molar-refractivity contribution in [2.45, 2.75) is 50.8 Å². The highest BCUT2D eigenvalue weighted by Crippen LogP contribution is 2.21. The van der Waals surface area contributed by atoms with Crippen molar-refractivity contribution in [3.8, 4) is 0 Å². The quantitative estimate of drug-likeness (QED) is 0.745. The molecule has 0 unspecified atom stereocenters. The van der Waals surface area contributed by atoms with Gasteiger partial charge in [-0.15, -0.1) is 0 Å². The molecule has 1 aliphatic carbocycles. The Morgan fingerprint density at radius 3 is 2.69 bits per heavy atom. The van der Waals surface area contributed by atoms with Crippen molar-refractivity contribution in [1.29, 1.82) is 0 Å². The van der Waals surface area contributed by atoms with Gasteiger partial charge in [-0.1, -0.05) is 55.3 Å². The first kappa shape index (κ1) is 18.7. The molecule has 0 aliphatic heterocycles. The summed E-state index contributed by atoms with van der Waals surface area (Å²) in [6.07, 6.45) is 3.66. The van der Waals surface area contributed by atoms with Crippen LogP contribution in [-0.4, -0.2) is 46.4 Å². The number of benzene rings is 2. The first-order chi connectivity index (χ1) is 12.7. The van der Waals surface area contributed by atoms with E-state index in [4.69, 9.17) is 0 Å². The summed E-state index contributed by atoms with van der Waals surface area (Å²) >= 11 is 0. The smallest absolute Gasteiger partial charge is 0.318 e. The summed E-state index contributed by atoms with van der Waals surface area (Å²) < 4.78 is 0. The van der Waals surface area contributed by atoms with Crippen LogP contribution in [0.4, 0.5) is 4.79 Å². The highest BCUT2D eigenvalue weighted by atomic mass is 16.3. The van der Waals surface area contributed by atoms with Crippen LogP contribution in [0.3, 0.4) is 0 Å². The Bertz CT molecular complexity index is 729. The molecule has 5 heteroatoms. The van der Waals surface area contributed by atoms with E-state index in [1.54, 1.807) is 4.90 Å². The molecule has 0 saturated heterocycles. The van der Waals surface area contributed by atoms with Crippen LogP contribution in [-0.2, 0) is 6.54 Å².